The molecule has 0 aliphatic heterocycles. The van der Waals surface area contributed by atoms with Gasteiger partial charge in [-0.1, -0.05) is 12.1 Å². The van der Waals surface area contributed by atoms with E-state index in [4.69, 9.17) is 4.74 Å². The van der Waals surface area contributed by atoms with Crippen LogP contribution in [0, 0.1) is 0 Å². The minimum atomic E-state index is -0.00900. The van der Waals surface area contributed by atoms with Crippen LogP contribution in [0.5, 0.6) is 5.88 Å². The molecule has 4 rings (SSSR count). The fourth-order valence-electron chi connectivity index (χ4n) is 3.16. The van der Waals surface area contributed by atoms with Crippen LogP contribution in [0.1, 0.15) is 6.92 Å². The lowest BCUT2D eigenvalue weighted by atomic mass is 10.0. The molecule has 1 N–H and O–H groups in total. The lowest BCUT2D eigenvalue weighted by Crippen LogP contribution is -2.22. The minimum absolute atomic E-state index is 0.00900. The van der Waals surface area contributed by atoms with E-state index in [2.05, 4.69) is 21.0 Å². The lowest BCUT2D eigenvalue weighted by Gasteiger charge is -2.16. The number of ether oxygens (including phenoxy) is 1. The van der Waals surface area contributed by atoms with E-state index >= 15 is 0 Å². The number of pyridine rings is 2. The third-order valence-electron chi connectivity index (χ3n) is 4.83. The molecule has 3 heterocycles. The van der Waals surface area contributed by atoms with Crippen molar-refractivity contribution in [2.75, 3.05) is 19.1 Å². The van der Waals surface area contributed by atoms with E-state index in [1.165, 1.54) is 0 Å². The summed E-state index contributed by atoms with van der Waals surface area (Å²) in [6.45, 7) is 1.55. The third kappa shape index (κ3) is 3.20. The van der Waals surface area contributed by atoms with E-state index in [1.807, 2.05) is 48.8 Å². The van der Waals surface area contributed by atoms with E-state index in [9.17, 15) is 4.79 Å². The molecule has 140 valence electrons. The molecular weight excluding hydrogens is 352 g/mol. The minimum Gasteiger partial charge on any atom is -0.481 e. The first kappa shape index (κ1) is 17.7. The number of nitrogens with one attached hydrogen (secondary N) is 1. The largest absolute Gasteiger partial charge is 0.481 e. The second-order valence-corrected chi connectivity index (χ2v) is 6.54. The maximum absolute atomic E-state index is 11.7. The first-order chi connectivity index (χ1) is 13.6. The standard InChI is InChI=1S/C22H20N4O2/c1-14(27)26(2)18-6-4-5-15(9-18)17-10-19-20(13-25-22(19)24-12-17)16-7-8-23-21(11-16)28-3/h4-13H,1-3H3,(H,24,25). The van der Waals surface area contributed by atoms with E-state index < -0.39 is 0 Å². The molecule has 1 aromatic carbocycles. The zero-order valence-electron chi connectivity index (χ0n) is 15.9. The number of carbonyl (C=O) groups is 1. The normalized spacial score (nSPS) is 10.8. The summed E-state index contributed by atoms with van der Waals surface area (Å²) in [6.07, 6.45) is 5.50. The summed E-state index contributed by atoms with van der Waals surface area (Å²) in [6, 6.07) is 13.8. The Labute approximate surface area is 162 Å². The zero-order valence-corrected chi connectivity index (χ0v) is 15.9. The molecular formula is C22H20N4O2. The van der Waals surface area contributed by atoms with Gasteiger partial charge in [-0.15, -0.1) is 0 Å². The van der Waals surface area contributed by atoms with E-state index in [0.29, 0.717) is 5.88 Å². The summed E-state index contributed by atoms with van der Waals surface area (Å²) in [5.74, 6) is 0.557. The zero-order chi connectivity index (χ0) is 19.7. The predicted octanol–water partition coefficient (Wildman–Crippen LogP) is 4.28. The Bertz CT molecular complexity index is 1170. The van der Waals surface area contributed by atoms with E-state index in [1.54, 1.807) is 32.2 Å². The number of fused-ring (bicyclic) bond motifs is 1. The molecule has 0 fully saturated rings. The van der Waals surface area contributed by atoms with Gasteiger partial charge in [-0.05, 0) is 35.4 Å². The van der Waals surface area contributed by atoms with Crippen molar-refractivity contribution in [3.63, 3.8) is 0 Å². The molecule has 0 spiro atoms. The van der Waals surface area contributed by atoms with Crippen LogP contribution in [0.15, 0.2) is 61.1 Å². The number of H-pyrrole nitrogens is 1. The Morgan fingerprint density at radius 2 is 1.93 bits per heavy atom. The summed E-state index contributed by atoms with van der Waals surface area (Å²) in [7, 11) is 3.37. The monoisotopic (exact) mass is 372 g/mol. The second kappa shape index (κ2) is 7.15. The van der Waals surface area contributed by atoms with Crippen LogP contribution < -0.4 is 9.64 Å². The summed E-state index contributed by atoms with van der Waals surface area (Å²) in [5, 5.41) is 1.01. The second-order valence-electron chi connectivity index (χ2n) is 6.54. The van der Waals surface area contributed by atoms with Gasteiger partial charge in [-0.3, -0.25) is 4.79 Å². The van der Waals surface area contributed by atoms with Crippen LogP contribution in [-0.2, 0) is 4.79 Å². The van der Waals surface area contributed by atoms with Gasteiger partial charge in [0.2, 0.25) is 11.8 Å². The Balaban J connectivity index is 1.80. The molecule has 0 saturated carbocycles. The number of nitrogens with zero attached hydrogens (tertiary/aromatic N) is 3. The topological polar surface area (TPSA) is 71.1 Å². The molecule has 6 nitrogen and oxygen atoms in total. The van der Waals surface area contributed by atoms with Crippen molar-refractivity contribution in [3.05, 3.63) is 61.1 Å². The number of aromatic nitrogens is 3. The van der Waals surface area contributed by atoms with Gasteiger partial charge in [0, 0.05) is 60.8 Å². The van der Waals surface area contributed by atoms with Crippen molar-refractivity contribution < 1.29 is 9.53 Å². The van der Waals surface area contributed by atoms with Crippen LogP contribution in [0.2, 0.25) is 0 Å². The van der Waals surface area contributed by atoms with Crippen LogP contribution in [0.4, 0.5) is 5.69 Å². The van der Waals surface area contributed by atoms with Crippen LogP contribution in [0.3, 0.4) is 0 Å². The number of aromatic amines is 1. The number of rotatable bonds is 4. The quantitative estimate of drug-likeness (QED) is 0.580. The van der Waals surface area contributed by atoms with Gasteiger partial charge in [0.15, 0.2) is 0 Å². The lowest BCUT2D eigenvalue weighted by molar-refractivity contribution is -0.116. The number of amides is 1. The fourth-order valence-corrected chi connectivity index (χ4v) is 3.16. The molecule has 0 aliphatic carbocycles. The number of anilines is 1. The first-order valence-corrected chi connectivity index (χ1v) is 8.89. The molecule has 0 atom stereocenters. The molecule has 0 saturated heterocycles. The molecule has 1 amide bonds. The molecule has 6 heteroatoms. The highest BCUT2D eigenvalue weighted by atomic mass is 16.5. The fraction of sp³-hybridized carbons (Fsp3) is 0.136. The molecule has 3 aromatic heterocycles. The predicted molar refractivity (Wildman–Crippen MR) is 110 cm³/mol. The van der Waals surface area contributed by atoms with E-state index in [0.717, 1.165) is 39.0 Å². The van der Waals surface area contributed by atoms with Crippen molar-refractivity contribution in [1.82, 2.24) is 15.0 Å². The average Bonchev–Trinajstić information content (AvgIpc) is 3.16. The molecule has 0 aliphatic rings. The number of methoxy groups -OCH3 is 1. The molecule has 4 aromatic rings. The Morgan fingerprint density at radius 1 is 1.07 bits per heavy atom. The smallest absolute Gasteiger partial charge is 0.223 e. The number of benzene rings is 1. The van der Waals surface area contributed by atoms with Gasteiger partial charge < -0.3 is 14.6 Å². The molecule has 0 bridgehead atoms. The molecule has 28 heavy (non-hydrogen) atoms. The van der Waals surface area contributed by atoms with Crippen LogP contribution >= 0.6 is 0 Å². The first-order valence-electron chi connectivity index (χ1n) is 8.89. The van der Waals surface area contributed by atoms with Gasteiger partial charge in [-0.2, -0.15) is 0 Å². The van der Waals surface area contributed by atoms with Crippen molar-refractivity contribution in [2.45, 2.75) is 6.92 Å². The molecule has 0 radical (unpaired) electrons. The van der Waals surface area contributed by atoms with Crippen LogP contribution in [0.25, 0.3) is 33.3 Å². The average molecular weight is 372 g/mol. The summed E-state index contributed by atoms with van der Waals surface area (Å²) >= 11 is 0. The number of hydrogen-bond acceptors (Lipinski definition) is 4. The summed E-state index contributed by atoms with van der Waals surface area (Å²) in [5.41, 5.74) is 5.67. The Kier molecular flexibility index (Phi) is 4.53. The van der Waals surface area contributed by atoms with Gasteiger partial charge in [0.25, 0.3) is 0 Å². The third-order valence-corrected chi connectivity index (χ3v) is 4.83. The van der Waals surface area contributed by atoms with Crippen molar-refractivity contribution >= 4 is 22.6 Å². The van der Waals surface area contributed by atoms with Crippen molar-refractivity contribution in [3.8, 4) is 28.1 Å². The van der Waals surface area contributed by atoms with E-state index in [-0.39, 0.29) is 5.91 Å². The SMILES string of the molecule is COc1cc(-c2c[nH]c3ncc(-c4cccc(N(C)C(C)=O)c4)cc23)ccn1. The summed E-state index contributed by atoms with van der Waals surface area (Å²) in [4.78, 5) is 25.3. The highest BCUT2D eigenvalue weighted by Gasteiger charge is 2.11. The summed E-state index contributed by atoms with van der Waals surface area (Å²) < 4.78 is 5.24. The van der Waals surface area contributed by atoms with Crippen molar-refractivity contribution in [1.29, 1.82) is 0 Å². The molecule has 0 unspecified atom stereocenters. The van der Waals surface area contributed by atoms with Crippen molar-refractivity contribution in [2.24, 2.45) is 0 Å². The number of hydrogen-bond donors (Lipinski definition) is 1. The maximum atomic E-state index is 11.7. The van der Waals surface area contributed by atoms with Gasteiger partial charge in [0.1, 0.15) is 5.65 Å². The Hall–Kier alpha value is -3.67. The van der Waals surface area contributed by atoms with Gasteiger partial charge >= 0.3 is 0 Å². The maximum Gasteiger partial charge on any atom is 0.223 e. The van der Waals surface area contributed by atoms with Gasteiger partial charge in [-0.25, -0.2) is 9.97 Å². The number of carbonyl (C=O) groups excluding carboxylic acids is 1. The van der Waals surface area contributed by atoms with Crippen LogP contribution in [-0.4, -0.2) is 35.0 Å². The highest BCUT2D eigenvalue weighted by molar-refractivity contribution is 5.96. The highest BCUT2D eigenvalue weighted by Crippen LogP contribution is 2.32. The Morgan fingerprint density at radius 3 is 2.71 bits per heavy atom. The van der Waals surface area contributed by atoms with Gasteiger partial charge in [0.05, 0.1) is 7.11 Å².